The van der Waals surface area contributed by atoms with Crippen molar-refractivity contribution in [3.63, 3.8) is 0 Å². The molecule has 1 saturated heterocycles. The molecule has 4 atom stereocenters. The van der Waals surface area contributed by atoms with Crippen molar-refractivity contribution in [2.75, 3.05) is 5.88 Å². The van der Waals surface area contributed by atoms with Crippen LogP contribution in [0.25, 0.3) is 0 Å². The molecule has 1 rings (SSSR count). The summed E-state index contributed by atoms with van der Waals surface area (Å²) in [6.45, 7) is 0. The number of amides is 1. The lowest BCUT2D eigenvalue weighted by Gasteiger charge is -2.45. The second-order valence-corrected chi connectivity index (χ2v) is 9.07. The van der Waals surface area contributed by atoms with E-state index in [0.29, 0.717) is 0 Å². The Labute approximate surface area is 86.4 Å². The van der Waals surface area contributed by atoms with E-state index in [1.807, 2.05) is 0 Å². The Morgan fingerprint density at radius 2 is 2.23 bits per heavy atom. The average Bonchev–Trinajstić information content (AvgIpc) is 1.99. The molecule has 0 bridgehead atoms. The fourth-order valence-corrected chi connectivity index (χ4v) is 3.98. The molecule has 1 fully saturated rings. The van der Waals surface area contributed by atoms with Crippen molar-refractivity contribution in [2.24, 2.45) is 5.92 Å². The molecule has 0 aromatic rings. The first-order valence-electron chi connectivity index (χ1n) is 3.42. The van der Waals surface area contributed by atoms with Crippen LogP contribution in [0.15, 0.2) is 0 Å². The number of alkyl halides is 1. The van der Waals surface area contributed by atoms with Crippen molar-refractivity contribution in [1.82, 2.24) is 4.67 Å². The number of hydrogen-bond donors (Lipinski definition) is 1. The molecule has 4 unspecified atom stereocenters. The topological polar surface area (TPSA) is 57.6 Å². The first-order chi connectivity index (χ1) is 6.00. The highest BCUT2D eigenvalue weighted by Crippen LogP contribution is 2.61. The second kappa shape index (κ2) is 4.36. The number of hydrogen-bond acceptors (Lipinski definition) is 2. The predicted molar refractivity (Wildman–Crippen MR) is 58.8 cm³/mol. The van der Waals surface area contributed by atoms with Crippen molar-refractivity contribution in [3.05, 3.63) is 0 Å². The zero-order valence-corrected chi connectivity index (χ0v) is 10.5. The van der Waals surface area contributed by atoms with Gasteiger partial charge in [0.2, 0.25) is 5.91 Å². The lowest BCUT2D eigenvalue weighted by atomic mass is 9.92. The van der Waals surface area contributed by atoms with Gasteiger partial charge in [-0.05, 0) is 0 Å². The van der Waals surface area contributed by atoms with Gasteiger partial charge in [0.05, 0.1) is 5.92 Å². The van der Waals surface area contributed by atoms with E-state index in [2.05, 4.69) is 17.9 Å². The molecule has 4 nitrogen and oxygen atoms in total. The number of carboxylic acid groups (broad SMARTS) is 1. The molecule has 0 aliphatic carbocycles. The number of carbonyl (C=O) groups excluding carboxylic acids is 1. The summed E-state index contributed by atoms with van der Waals surface area (Å²) < 4.78 is 1.35. The van der Waals surface area contributed by atoms with Crippen LogP contribution in [-0.4, -0.2) is 33.6 Å². The third-order valence-corrected chi connectivity index (χ3v) is 4.62. The molecule has 13 heavy (non-hydrogen) atoms. The van der Waals surface area contributed by atoms with E-state index in [-0.39, 0.29) is 11.8 Å². The number of carboxylic acids is 1. The van der Waals surface area contributed by atoms with E-state index in [9.17, 15) is 9.59 Å². The molecule has 74 valence electrons. The predicted octanol–water partition coefficient (Wildman–Crippen LogP) is 1.11. The Morgan fingerprint density at radius 1 is 1.69 bits per heavy atom. The average molecular weight is 260 g/mol. The molecule has 0 radical (unpaired) electrons. The highest BCUT2D eigenvalue weighted by molar-refractivity contribution is 8.42. The van der Waals surface area contributed by atoms with Crippen LogP contribution in [0, 0.1) is 5.92 Å². The quantitative estimate of drug-likeness (QED) is 0.469. The second-order valence-electron chi connectivity index (χ2n) is 2.61. The van der Waals surface area contributed by atoms with Gasteiger partial charge in [0.15, 0.2) is 0 Å². The summed E-state index contributed by atoms with van der Waals surface area (Å²) in [6.07, 6.45) is 0. The highest BCUT2D eigenvalue weighted by Gasteiger charge is 2.52. The zero-order chi connectivity index (χ0) is 10.2. The van der Waals surface area contributed by atoms with Crippen LogP contribution in [0.3, 0.4) is 0 Å². The molecule has 8 heteroatoms. The lowest BCUT2D eigenvalue weighted by molar-refractivity contribution is -0.160. The Morgan fingerprint density at radius 3 is 2.54 bits per heavy atom. The molecule has 1 aliphatic rings. The summed E-state index contributed by atoms with van der Waals surface area (Å²) in [5, 5.41) is 8.81. The van der Waals surface area contributed by atoms with Gasteiger partial charge in [-0.1, -0.05) is 17.9 Å². The fourth-order valence-electron chi connectivity index (χ4n) is 1.21. The minimum absolute atomic E-state index is 0.0742. The molecule has 0 spiro atoms. The van der Waals surface area contributed by atoms with E-state index in [1.165, 1.54) is 4.67 Å². The van der Waals surface area contributed by atoms with Gasteiger partial charge in [0.1, 0.15) is 6.04 Å². The normalized spacial score (nSPS) is 27.7. The first-order valence-corrected chi connectivity index (χ1v) is 8.48. The van der Waals surface area contributed by atoms with Gasteiger partial charge in [0, 0.05) is 13.3 Å². The van der Waals surface area contributed by atoms with E-state index in [1.54, 1.807) is 0 Å². The molecular formula is C5H9ClNO3P3. The Kier molecular flexibility index (Phi) is 3.89. The van der Waals surface area contributed by atoms with Crippen molar-refractivity contribution in [1.29, 1.82) is 0 Å². The number of halogens is 1. The summed E-state index contributed by atoms with van der Waals surface area (Å²) in [5.41, 5.74) is 0. The zero-order valence-electron chi connectivity index (χ0n) is 6.55. The van der Waals surface area contributed by atoms with Gasteiger partial charge >= 0.3 is 5.97 Å². The third kappa shape index (κ3) is 1.97. The number of nitrogens with zero attached hydrogens (tertiary/aromatic N) is 1. The monoisotopic (exact) mass is 259 g/mol. The highest BCUT2D eigenvalue weighted by atomic mass is 35.5. The Bertz CT molecular complexity index is 249. The van der Waals surface area contributed by atoms with Gasteiger partial charge in [-0.2, -0.15) is 0 Å². The molecule has 1 amide bonds. The van der Waals surface area contributed by atoms with Crippen LogP contribution in [-0.2, 0) is 9.59 Å². The minimum atomic E-state index is -0.984. The van der Waals surface area contributed by atoms with Crippen LogP contribution < -0.4 is 0 Å². The number of aliphatic carboxylic acids is 1. The standard InChI is InChI=1S/C5H9ClNO3P3/c6-1-2-3(5(9)10)7(4(2)8)13(11)12/h2-3H,1,11-12H2,(H,9,10). The van der Waals surface area contributed by atoms with E-state index < -0.39 is 25.4 Å². The summed E-state index contributed by atoms with van der Waals surface area (Å²) >= 11 is 5.49. The minimum Gasteiger partial charge on any atom is -0.480 e. The van der Waals surface area contributed by atoms with Gasteiger partial charge < -0.3 is 5.11 Å². The van der Waals surface area contributed by atoms with Crippen LogP contribution in [0.1, 0.15) is 0 Å². The summed E-state index contributed by atoms with van der Waals surface area (Å²) in [4.78, 5) is 22.1. The molecule has 0 aromatic heterocycles. The van der Waals surface area contributed by atoms with Gasteiger partial charge in [0.25, 0.3) is 0 Å². The molecule has 0 saturated carbocycles. The fraction of sp³-hybridized carbons (Fsp3) is 0.600. The summed E-state index contributed by atoms with van der Waals surface area (Å²) in [5.74, 6) is -1.63. The van der Waals surface area contributed by atoms with E-state index >= 15 is 0 Å². The maximum Gasteiger partial charge on any atom is 0.327 e. The van der Waals surface area contributed by atoms with Crippen LogP contribution >= 0.6 is 36.9 Å². The van der Waals surface area contributed by atoms with Gasteiger partial charge in [-0.15, -0.1) is 11.6 Å². The maximum atomic E-state index is 11.3. The molecule has 0 aromatic carbocycles. The largest absolute Gasteiger partial charge is 0.480 e. The molecule has 1 heterocycles. The summed E-state index contributed by atoms with van der Waals surface area (Å²) in [6, 6.07) is -0.744. The van der Waals surface area contributed by atoms with E-state index in [0.717, 1.165) is 0 Å². The lowest BCUT2D eigenvalue weighted by Crippen LogP contribution is -2.61. The third-order valence-electron chi connectivity index (χ3n) is 1.86. The smallest absolute Gasteiger partial charge is 0.327 e. The van der Waals surface area contributed by atoms with Gasteiger partial charge in [-0.3, -0.25) is 9.46 Å². The van der Waals surface area contributed by atoms with Crippen LogP contribution in [0.2, 0.25) is 0 Å². The number of rotatable bonds is 3. The maximum absolute atomic E-state index is 11.3. The van der Waals surface area contributed by atoms with Crippen LogP contribution in [0.5, 0.6) is 0 Å². The van der Waals surface area contributed by atoms with E-state index in [4.69, 9.17) is 16.7 Å². The van der Waals surface area contributed by atoms with Crippen molar-refractivity contribution in [3.8, 4) is 0 Å². The molecule has 1 N–H and O–H groups in total. The molecular weight excluding hydrogens is 250 g/mol. The molecule has 1 aliphatic heterocycles. The van der Waals surface area contributed by atoms with Crippen molar-refractivity contribution >= 4 is 48.8 Å². The Balaban J connectivity index is 2.77. The van der Waals surface area contributed by atoms with Gasteiger partial charge in [-0.25, -0.2) is 4.79 Å². The first kappa shape index (κ1) is 11.6. The summed E-state index contributed by atoms with van der Waals surface area (Å²) in [7, 11) is 4.01. The SMILES string of the molecule is O=C(O)C1C(CCl)C(=O)N1P(P)P. The van der Waals surface area contributed by atoms with Crippen LogP contribution in [0.4, 0.5) is 0 Å². The number of carbonyl (C=O) groups is 2. The Hall–Kier alpha value is 0.520. The van der Waals surface area contributed by atoms with Crippen molar-refractivity contribution in [2.45, 2.75) is 6.04 Å². The number of β-lactam (4-membered cyclic amide) rings is 1. The van der Waals surface area contributed by atoms with Crippen molar-refractivity contribution < 1.29 is 14.7 Å².